The SMILES string of the molecule is CCC1(CNCCCC2CCNC2)CCC1. The maximum Gasteiger partial charge on any atom is 0.000770 e. The van der Waals surface area contributed by atoms with Crippen LogP contribution in [-0.2, 0) is 0 Å². The Kier molecular flexibility index (Phi) is 4.66. The van der Waals surface area contributed by atoms with Crippen LogP contribution in [0.5, 0.6) is 0 Å². The lowest BCUT2D eigenvalue weighted by atomic mass is 9.67. The Morgan fingerprint density at radius 2 is 2.25 bits per heavy atom. The van der Waals surface area contributed by atoms with E-state index in [0.29, 0.717) is 5.41 Å². The number of nitrogens with one attached hydrogen (secondary N) is 2. The van der Waals surface area contributed by atoms with Crippen LogP contribution in [0.25, 0.3) is 0 Å². The molecule has 94 valence electrons. The van der Waals surface area contributed by atoms with E-state index in [9.17, 15) is 0 Å². The van der Waals surface area contributed by atoms with Crippen molar-refractivity contribution in [3.63, 3.8) is 0 Å². The van der Waals surface area contributed by atoms with Gasteiger partial charge in [-0.1, -0.05) is 13.3 Å². The fourth-order valence-corrected chi connectivity index (χ4v) is 3.16. The minimum absolute atomic E-state index is 0.689. The number of hydrogen-bond acceptors (Lipinski definition) is 2. The molecule has 1 aliphatic carbocycles. The van der Waals surface area contributed by atoms with E-state index in [1.54, 1.807) is 0 Å². The van der Waals surface area contributed by atoms with Crippen LogP contribution in [0.1, 0.15) is 51.9 Å². The molecule has 16 heavy (non-hydrogen) atoms. The second-order valence-electron chi connectivity index (χ2n) is 5.88. The standard InChI is InChI=1S/C14H28N2/c1-2-14(7-4-8-14)12-16-9-3-5-13-6-10-15-11-13/h13,15-16H,2-12H2,1H3. The van der Waals surface area contributed by atoms with E-state index in [1.165, 1.54) is 71.1 Å². The third kappa shape index (κ3) is 3.21. The highest BCUT2D eigenvalue weighted by atomic mass is 14.9. The van der Waals surface area contributed by atoms with Gasteiger partial charge in [-0.25, -0.2) is 0 Å². The molecular formula is C14H28N2. The Morgan fingerprint density at radius 1 is 1.38 bits per heavy atom. The van der Waals surface area contributed by atoms with E-state index in [0.717, 1.165) is 5.92 Å². The van der Waals surface area contributed by atoms with Crippen molar-refractivity contribution in [2.24, 2.45) is 11.3 Å². The zero-order valence-electron chi connectivity index (χ0n) is 10.9. The first-order valence-corrected chi connectivity index (χ1v) is 7.26. The summed E-state index contributed by atoms with van der Waals surface area (Å²) in [6.07, 6.45) is 9.94. The molecule has 1 atom stereocenters. The summed E-state index contributed by atoms with van der Waals surface area (Å²) in [4.78, 5) is 0. The molecule has 1 heterocycles. The number of hydrogen-bond donors (Lipinski definition) is 2. The molecule has 1 unspecified atom stereocenters. The normalized spacial score (nSPS) is 27.9. The van der Waals surface area contributed by atoms with Gasteiger partial charge < -0.3 is 10.6 Å². The fraction of sp³-hybridized carbons (Fsp3) is 1.00. The monoisotopic (exact) mass is 224 g/mol. The van der Waals surface area contributed by atoms with Gasteiger partial charge in [0.2, 0.25) is 0 Å². The van der Waals surface area contributed by atoms with Crippen molar-refractivity contribution < 1.29 is 0 Å². The Hall–Kier alpha value is -0.0800. The molecule has 0 bridgehead atoms. The molecule has 2 rings (SSSR count). The second-order valence-corrected chi connectivity index (χ2v) is 5.88. The van der Waals surface area contributed by atoms with E-state index in [-0.39, 0.29) is 0 Å². The predicted molar refractivity (Wildman–Crippen MR) is 69.7 cm³/mol. The molecule has 1 saturated carbocycles. The van der Waals surface area contributed by atoms with Gasteiger partial charge in [-0.05, 0) is 69.5 Å². The fourth-order valence-electron chi connectivity index (χ4n) is 3.16. The van der Waals surface area contributed by atoms with Crippen molar-refractivity contribution in [2.75, 3.05) is 26.2 Å². The molecule has 2 fully saturated rings. The largest absolute Gasteiger partial charge is 0.316 e. The van der Waals surface area contributed by atoms with Crippen molar-refractivity contribution in [1.29, 1.82) is 0 Å². The zero-order valence-corrected chi connectivity index (χ0v) is 10.9. The highest BCUT2D eigenvalue weighted by Crippen LogP contribution is 2.42. The summed E-state index contributed by atoms with van der Waals surface area (Å²) in [6, 6.07) is 0. The van der Waals surface area contributed by atoms with Gasteiger partial charge in [-0.3, -0.25) is 0 Å². The van der Waals surface area contributed by atoms with E-state index in [4.69, 9.17) is 0 Å². The third-order valence-electron chi connectivity index (χ3n) is 4.79. The summed E-state index contributed by atoms with van der Waals surface area (Å²) >= 11 is 0. The van der Waals surface area contributed by atoms with E-state index < -0.39 is 0 Å². The van der Waals surface area contributed by atoms with Gasteiger partial charge >= 0.3 is 0 Å². The maximum atomic E-state index is 3.68. The van der Waals surface area contributed by atoms with Gasteiger partial charge in [-0.15, -0.1) is 0 Å². The Labute approximate surface area is 101 Å². The van der Waals surface area contributed by atoms with Crippen molar-refractivity contribution in [2.45, 2.75) is 51.9 Å². The predicted octanol–water partition coefficient (Wildman–Crippen LogP) is 2.55. The van der Waals surface area contributed by atoms with Gasteiger partial charge in [-0.2, -0.15) is 0 Å². The molecule has 0 aromatic rings. The van der Waals surface area contributed by atoms with Crippen molar-refractivity contribution in [3.05, 3.63) is 0 Å². The van der Waals surface area contributed by atoms with E-state index in [1.807, 2.05) is 0 Å². The zero-order chi connectivity index (χ0) is 11.3. The number of rotatable bonds is 7. The first-order chi connectivity index (χ1) is 7.85. The van der Waals surface area contributed by atoms with E-state index in [2.05, 4.69) is 17.6 Å². The molecule has 2 nitrogen and oxygen atoms in total. The van der Waals surface area contributed by atoms with Crippen LogP contribution in [0.15, 0.2) is 0 Å². The summed E-state index contributed by atoms with van der Waals surface area (Å²) in [7, 11) is 0. The average Bonchev–Trinajstić information content (AvgIpc) is 2.74. The molecule has 0 aromatic heterocycles. The van der Waals surface area contributed by atoms with Gasteiger partial charge in [0.25, 0.3) is 0 Å². The Balaban J connectivity index is 1.48. The summed E-state index contributed by atoms with van der Waals surface area (Å²) < 4.78 is 0. The van der Waals surface area contributed by atoms with Crippen LogP contribution in [0.3, 0.4) is 0 Å². The molecule has 2 aliphatic rings. The van der Waals surface area contributed by atoms with Gasteiger partial charge in [0.15, 0.2) is 0 Å². The average molecular weight is 224 g/mol. The lowest BCUT2D eigenvalue weighted by Crippen LogP contribution is -2.39. The summed E-state index contributed by atoms with van der Waals surface area (Å²) in [5.74, 6) is 0.964. The van der Waals surface area contributed by atoms with Crippen molar-refractivity contribution >= 4 is 0 Å². The summed E-state index contributed by atoms with van der Waals surface area (Å²) in [6.45, 7) is 7.37. The molecule has 0 spiro atoms. The third-order valence-corrected chi connectivity index (χ3v) is 4.79. The lowest BCUT2D eigenvalue weighted by molar-refractivity contribution is 0.124. The van der Waals surface area contributed by atoms with Gasteiger partial charge in [0.1, 0.15) is 0 Å². The minimum atomic E-state index is 0.689. The van der Waals surface area contributed by atoms with Crippen LogP contribution in [0, 0.1) is 11.3 Å². The van der Waals surface area contributed by atoms with Crippen LogP contribution in [0.4, 0.5) is 0 Å². The van der Waals surface area contributed by atoms with Crippen LogP contribution >= 0.6 is 0 Å². The summed E-state index contributed by atoms with van der Waals surface area (Å²) in [5.41, 5.74) is 0.689. The van der Waals surface area contributed by atoms with E-state index >= 15 is 0 Å². The topological polar surface area (TPSA) is 24.1 Å². The molecule has 1 saturated heterocycles. The molecule has 0 aromatic carbocycles. The highest BCUT2D eigenvalue weighted by molar-refractivity contribution is 4.88. The van der Waals surface area contributed by atoms with Gasteiger partial charge in [0.05, 0.1) is 0 Å². The smallest absolute Gasteiger partial charge is 0.000770 e. The van der Waals surface area contributed by atoms with Crippen LogP contribution in [0.2, 0.25) is 0 Å². The Bertz CT molecular complexity index is 187. The molecule has 0 radical (unpaired) electrons. The molecule has 2 N–H and O–H groups in total. The molecule has 2 heteroatoms. The lowest BCUT2D eigenvalue weighted by Gasteiger charge is -2.41. The first-order valence-electron chi connectivity index (χ1n) is 7.26. The quantitative estimate of drug-likeness (QED) is 0.649. The Morgan fingerprint density at radius 3 is 2.81 bits per heavy atom. The van der Waals surface area contributed by atoms with Crippen molar-refractivity contribution in [1.82, 2.24) is 10.6 Å². The maximum absolute atomic E-state index is 3.68. The first kappa shape index (κ1) is 12.4. The highest BCUT2D eigenvalue weighted by Gasteiger charge is 2.34. The van der Waals surface area contributed by atoms with Crippen LogP contribution < -0.4 is 10.6 Å². The second kappa shape index (κ2) is 6.02. The van der Waals surface area contributed by atoms with Gasteiger partial charge in [0, 0.05) is 6.54 Å². The minimum Gasteiger partial charge on any atom is -0.316 e. The molecular weight excluding hydrogens is 196 g/mol. The van der Waals surface area contributed by atoms with Crippen molar-refractivity contribution in [3.8, 4) is 0 Å². The van der Waals surface area contributed by atoms with Crippen LogP contribution in [-0.4, -0.2) is 26.2 Å². The molecule has 1 aliphatic heterocycles. The summed E-state index contributed by atoms with van der Waals surface area (Å²) in [5, 5.41) is 7.13. The molecule has 0 amide bonds.